The summed E-state index contributed by atoms with van der Waals surface area (Å²) in [5.41, 5.74) is 0.140. The molecule has 1 unspecified atom stereocenters. The molecular weight excluding hydrogens is 252 g/mol. The van der Waals surface area contributed by atoms with E-state index in [1.165, 1.54) is 26.4 Å². The molecular formula is C16H24N2O2. The molecule has 0 aromatic heterocycles. The summed E-state index contributed by atoms with van der Waals surface area (Å²) in [6, 6.07) is 10.4. The summed E-state index contributed by atoms with van der Waals surface area (Å²) < 4.78 is 5.07. The van der Waals surface area contributed by atoms with Gasteiger partial charge in [-0.2, -0.15) is 0 Å². The highest BCUT2D eigenvalue weighted by Crippen LogP contribution is 2.29. The first kappa shape index (κ1) is 15.0. The Hall–Kier alpha value is -1.39. The van der Waals surface area contributed by atoms with Gasteiger partial charge in [0.15, 0.2) is 5.54 Å². The Morgan fingerprint density at radius 3 is 2.50 bits per heavy atom. The smallest absolute Gasteiger partial charge is 0.332 e. The van der Waals surface area contributed by atoms with Crippen LogP contribution in [0.5, 0.6) is 0 Å². The number of carbonyl (C=O) groups excluding carboxylic acids is 1. The van der Waals surface area contributed by atoms with Gasteiger partial charge in [0.25, 0.3) is 0 Å². The number of hydrogen-bond acceptors (Lipinski definition) is 4. The van der Waals surface area contributed by atoms with Crippen molar-refractivity contribution in [3.05, 3.63) is 35.9 Å². The Balaban J connectivity index is 2.29. The van der Waals surface area contributed by atoms with Crippen LogP contribution in [0.1, 0.15) is 24.8 Å². The first-order valence-corrected chi connectivity index (χ1v) is 7.17. The van der Waals surface area contributed by atoms with E-state index in [0.717, 1.165) is 5.56 Å². The maximum Gasteiger partial charge on any atom is 0.332 e. The van der Waals surface area contributed by atoms with Crippen molar-refractivity contribution in [1.29, 1.82) is 0 Å². The Bertz CT molecular complexity index is 445. The summed E-state index contributed by atoms with van der Waals surface area (Å²) in [6.45, 7) is 0.616. The molecule has 0 aliphatic heterocycles. The second-order valence-electron chi connectivity index (χ2n) is 5.51. The van der Waals surface area contributed by atoms with Crippen LogP contribution in [0.4, 0.5) is 0 Å². The average Bonchev–Trinajstić information content (AvgIpc) is 2.43. The minimum absolute atomic E-state index is 0.239. The number of benzene rings is 1. The molecule has 4 heteroatoms. The first-order chi connectivity index (χ1) is 9.64. The zero-order valence-corrected chi connectivity index (χ0v) is 12.6. The molecule has 1 aromatic rings. The third-order valence-corrected chi connectivity index (χ3v) is 4.41. The van der Waals surface area contributed by atoms with Crippen molar-refractivity contribution >= 4 is 5.97 Å². The number of hydrogen-bond donors (Lipinski definition) is 1. The lowest BCUT2D eigenvalue weighted by atomic mass is 9.86. The van der Waals surface area contributed by atoms with Crippen LogP contribution in [0.3, 0.4) is 0 Å². The SMILES string of the molecule is CNC(CN(C)C1CCC1)(C(=O)OC)c1ccccc1. The van der Waals surface area contributed by atoms with Crippen LogP contribution in [-0.2, 0) is 15.1 Å². The molecule has 1 N–H and O–H groups in total. The van der Waals surface area contributed by atoms with Crippen LogP contribution in [0, 0.1) is 0 Å². The van der Waals surface area contributed by atoms with Crippen molar-refractivity contribution in [2.24, 2.45) is 0 Å². The lowest BCUT2D eigenvalue weighted by Crippen LogP contribution is -2.57. The van der Waals surface area contributed by atoms with Crippen LogP contribution in [0.25, 0.3) is 0 Å². The Kier molecular flexibility index (Phi) is 4.78. The van der Waals surface area contributed by atoms with E-state index in [1.807, 2.05) is 37.4 Å². The van der Waals surface area contributed by atoms with Crippen molar-refractivity contribution in [2.75, 3.05) is 27.7 Å². The minimum atomic E-state index is -0.805. The Morgan fingerprint density at radius 2 is 2.05 bits per heavy atom. The molecule has 4 nitrogen and oxygen atoms in total. The largest absolute Gasteiger partial charge is 0.467 e. The fraction of sp³-hybridized carbons (Fsp3) is 0.562. The molecule has 1 fully saturated rings. The zero-order valence-electron chi connectivity index (χ0n) is 12.6. The van der Waals surface area contributed by atoms with Gasteiger partial charge in [-0.25, -0.2) is 4.79 Å². The van der Waals surface area contributed by atoms with Gasteiger partial charge in [-0.15, -0.1) is 0 Å². The number of ether oxygens (including phenoxy) is 1. The highest BCUT2D eigenvalue weighted by Gasteiger charge is 2.42. The van der Waals surface area contributed by atoms with E-state index in [0.29, 0.717) is 12.6 Å². The number of esters is 1. The van der Waals surface area contributed by atoms with Gasteiger partial charge in [0.2, 0.25) is 0 Å². The number of likely N-dealkylation sites (N-methyl/N-ethyl adjacent to an activating group) is 2. The fourth-order valence-electron chi connectivity index (χ4n) is 2.83. The minimum Gasteiger partial charge on any atom is -0.467 e. The summed E-state index contributed by atoms with van der Waals surface area (Å²) in [4.78, 5) is 14.7. The van der Waals surface area contributed by atoms with E-state index in [1.54, 1.807) is 0 Å². The quantitative estimate of drug-likeness (QED) is 0.804. The Morgan fingerprint density at radius 1 is 1.40 bits per heavy atom. The number of nitrogens with one attached hydrogen (secondary N) is 1. The normalized spacial score (nSPS) is 18.4. The van der Waals surface area contributed by atoms with Crippen molar-refractivity contribution in [1.82, 2.24) is 10.2 Å². The number of methoxy groups -OCH3 is 1. The summed E-state index contributed by atoms with van der Waals surface area (Å²) in [5.74, 6) is -0.239. The molecule has 0 spiro atoms. The maximum absolute atomic E-state index is 12.4. The van der Waals surface area contributed by atoms with Gasteiger partial charge < -0.3 is 15.0 Å². The van der Waals surface area contributed by atoms with Gasteiger partial charge in [-0.05, 0) is 32.5 Å². The number of nitrogens with zero attached hydrogens (tertiary/aromatic N) is 1. The number of rotatable bonds is 6. The molecule has 0 radical (unpaired) electrons. The third kappa shape index (κ3) is 2.72. The first-order valence-electron chi connectivity index (χ1n) is 7.17. The predicted octanol–water partition coefficient (Wildman–Crippen LogP) is 1.76. The monoisotopic (exact) mass is 276 g/mol. The van der Waals surface area contributed by atoms with E-state index in [4.69, 9.17) is 4.74 Å². The van der Waals surface area contributed by atoms with Gasteiger partial charge in [-0.3, -0.25) is 0 Å². The molecule has 1 aromatic carbocycles. The van der Waals surface area contributed by atoms with Crippen molar-refractivity contribution in [2.45, 2.75) is 30.8 Å². The molecule has 0 bridgehead atoms. The van der Waals surface area contributed by atoms with Crippen LogP contribution in [0.15, 0.2) is 30.3 Å². The standard InChI is InChI=1S/C16H24N2O2/c1-17-16(15(19)20-3,13-8-5-4-6-9-13)12-18(2)14-10-7-11-14/h4-6,8-9,14,17H,7,10-12H2,1-3H3. The van der Waals surface area contributed by atoms with Crippen molar-refractivity contribution in [3.8, 4) is 0 Å². The van der Waals surface area contributed by atoms with Gasteiger partial charge in [0, 0.05) is 12.6 Å². The van der Waals surface area contributed by atoms with Gasteiger partial charge in [-0.1, -0.05) is 36.8 Å². The molecule has 0 saturated heterocycles. The number of carbonyl (C=O) groups is 1. The van der Waals surface area contributed by atoms with E-state index >= 15 is 0 Å². The summed E-state index contributed by atoms with van der Waals surface area (Å²) in [7, 11) is 5.35. The maximum atomic E-state index is 12.4. The summed E-state index contributed by atoms with van der Waals surface area (Å²) in [6.07, 6.45) is 3.71. The van der Waals surface area contributed by atoms with Gasteiger partial charge in [0.05, 0.1) is 7.11 Å². The van der Waals surface area contributed by atoms with Crippen LogP contribution in [-0.4, -0.2) is 44.7 Å². The van der Waals surface area contributed by atoms with E-state index in [9.17, 15) is 4.79 Å². The average molecular weight is 276 g/mol. The van der Waals surface area contributed by atoms with E-state index in [2.05, 4.69) is 17.3 Å². The second kappa shape index (κ2) is 6.37. The summed E-state index contributed by atoms with van der Waals surface area (Å²) in [5, 5.41) is 3.20. The van der Waals surface area contributed by atoms with E-state index in [-0.39, 0.29) is 5.97 Å². The fourth-order valence-corrected chi connectivity index (χ4v) is 2.83. The molecule has 1 atom stereocenters. The molecule has 0 heterocycles. The van der Waals surface area contributed by atoms with Crippen molar-refractivity contribution in [3.63, 3.8) is 0 Å². The van der Waals surface area contributed by atoms with Crippen LogP contribution >= 0.6 is 0 Å². The highest BCUT2D eigenvalue weighted by atomic mass is 16.5. The highest BCUT2D eigenvalue weighted by molar-refractivity contribution is 5.83. The third-order valence-electron chi connectivity index (χ3n) is 4.41. The molecule has 20 heavy (non-hydrogen) atoms. The molecule has 0 amide bonds. The molecule has 1 aliphatic rings. The molecule has 1 saturated carbocycles. The van der Waals surface area contributed by atoms with E-state index < -0.39 is 5.54 Å². The van der Waals surface area contributed by atoms with Crippen LogP contribution in [0.2, 0.25) is 0 Å². The van der Waals surface area contributed by atoms with Gasteiger partial charge in [0.1, 0.15) is 0 Å². The van der Waals surface area contributed by atoms with Crippen LogP contribution < -0.4 is 5.32 Å². The summed E-state index contributed by atoms with van der Waals surface area (Å²) >= 11 is 0. The lowest BCUT2D eigenvalue weighted by Gasteiger charge is -2.41. The topological polar surface area (TPSA) is 41.6 Å². The Labute approximate surface area is 121 Å². The predicted molar refractivity (Wildman–Crippen MR) is 79.5 cm³/mol. The molecule has 110 valence electrons. The lowest BCUT2D eigenvalue weighted by molar-refractivity contribution is -0.150. The van der Waals surface area contributed by atoms with Gasteiger partial charge >= 0.3 is 5.97 Å². The second-order valence-corrected chi connectivity index (χ2v) is 5.51. The molecule has 1 aliphatic carbocycles. The zero-order chi connectivity index (χ0) is 14.6. The molecule has 2 rings (SSSR count). The van der Waals surface area contributed by atoms with Crippen molar-refractivity contribution < 1.29 is 9.53 Å².